The van der Waals surface area contributed by atoms with E-state index in [9.17, 15) is 0 Å². The molecule has 0 atom stereocenters. The summed E-state index contributed by atoms with van der Waals surface area (Å²) >= 11 is 0. The number of hydrogen-bond acceptors (Lipinski definition) is 6. The zero-order chi connectivity index (χ0) is 15.1. The highest BCUT2D eigenvalue weighted by Gasteiger charge is 2.42. The first kappa shape index (κ1) is 15.8. The molecule has 0 spiro atoms. The van der Waals surface area contributed by atoms with E-state index in [0.717, 1.165) is 44.2 Å². The molecule has 1 fully saturated rings. The lowest BCUT2D eigenvalue weighted by Gasteiger charge is -2.18. The van der Waals surface area contributed by atoms with Crippen LogP contribution in [0, 0.1) is 5.41 Å². The van der Waals surface area contributed by atoms with Crippen LogP contribution in [0.2, 0.25) is 0 Å². The summed E-state index contributed by atoms with van der Waals surface area (Å²) in [6.07, 6.45) is 6.19. The number of ether oxygens (including phenoxy) is 2. The molecule has 2 rings (SSSR count). The second kappa shape index (κ2) is 7.45. The van der Waals surface area contributed by atoms with Gasteiger partial charge < -0.3 is 20.1 Å². The largest absolute Gasteiger partial charge is 0.490 e. The highest BCUT2D eigenvalue weighted by Crippen LogP contribution is 2.49. The number of methoxy groups -OCH3 is 2. The van der Waals surface area contributed by atoms with Crippen molar-refractivity contribution in [2.75, 3.05) is 44.5 Å². The van der Waals surface area contributed by atoms with Crippen molar-refractivity contribution in [3.05, 3.63) is 6.33 Å². The van der Waals surface area contributed by atoms with Gasteiger partial charge in [0.05, 0.1) is 7.11 Å². The zero-order valence-electron chi connectivity index (χ0n) is 13.2. The second-order valence-corrected chi connectivity index (χ2v) is 5.63. The minimum Gasteiger partial charge on any atom is -0.490 e. The molecule has 21 heavy (non-hydrogen) atoms. The number of nitrogens with zero attached hydrogens (tertiary/aromatic N) is 2. The van der Waals surface area contributed by atoms with Crippen LogP contribution < -0.4 is 15.4 Å². The molecule has 6 nitrogen and oxygen atoms in total. The third-order valence-corrected chi connectivity index (χ3v) is 3.97. The van der Waals surface area contributed by atoms with E-state index in [1.54, 1.807) is 20.5 Å². The van der Waals surface area contributed by atoms with E-state index in [1.807, 2.05) is 0 Å². The normalized spacial score (nSPS) is 15.6. The third-order valence-electron chi connectivity index (χ3n) is 3.97. The van der Waals surface area contributed by atoms with Gasteiger partial charge in [-0.2, -0.15) is 0 Å². The molecule has 0 radical (unpaired) electrons. The topological polar surface area (TPSA) is 68.3 Å². The summed E-state index contributed by atoms with van der Waals surface area (Å²) in [6.45, 7) is 4.69. The molecule has 1 aliphatic carbocycles. The van der Waals surface area contributed by atoms with Gasteiger partial charge in [-0.1, -0.05) is 6.92 Å². The van der Waals surface area contributed by atoms with Crippen LogP contribution in [0.4, 0.5) is 11.6 Å². The van der Waals surface area contributed by atoms with Crippen LogP contribution in [-0.2, 0) is 4.74 Å². The Labute approximate surface area is 126 Å². The van der Waals surface area contributed by atoms with E-state index in [0.29, 0.717) is 11.2 Å². The van der Waals surface area contributed by atoms with Crippen LogP contribution in [-0.4, -0.2) is 43.9 Å². The maximum atomic E-state index is 5.47. The summed E-state index contributed by atoms with van der Waals surface area (Å²) in [5, 5.41) is 6.69. The van der Waals surface area contributed by atoms with Gasteiger partial charge in [-0.15, -0.1) is 0 Å². The first-order valence-electron chi connectivity index (χ1n) is 7.60. The van der Waals surface area contributed by atoms with Crippen LogP contribution in [0.15, 0.2) is 6.33 Å². The summed E-state index contributed by atoms with van der Waals surface area (Å²) in [5.41, 5.74) is 0.364. The fourth-order valence-electron chi connectivity index (χ4n) is 2.34. The van der Waals surface area contributed by atoms with Crippen molar-refractivity contribution >= 4 is 11.6 Å². The molecule has 118 valence electrons. The molecule has 0 amide bonds. The van der Waals surface area contributed by atoms with Gasteiger partial charge in [-0.25, -0.2) is 9.97 Å². The van der Waals surface area contributed by atoms with Crippen LogP contribution in [0.3, 0.4) is 0 Å². The molecule has 1 aromatic heterocycles. The monoisotopic (exact) mass is 294 g/mol. The van der Waals surface area contributed by atoms with Gasteiger partial charge in [0.25, 0.3) is 0 Å². The van der Waals surface area contributed by atoms with Gasteiger partial charge in [-0.3, -0.25) is 0 Å². The van der Waals surface area contributed by atoms with Crippen LogP contribution >= 0.6 is 0 Å². The van der Waals surface area contributed by atoms with Gasteiger partial charge in [0.1, 0.15) is 6.33 Å². The summed E-state index contributed by atoms with van der Waals surface area (Å²) in [7, 11) is 3.40. The van der Waals surface area contributed by atoms with Gasteiger partial charge in [0.2, 0.25) is 5.75 Å². The van der Waals surface area contributed by atoms with Crippen molar-refractivity contribution < 1.29 is 9.47 Å². The van der Waals surface area contributed by atoms with E-state index in [4.69, 9.17) is 9.47 Å². The lowest BCUT2D eigenvalue weighted by molar-refractivity contribution is 0.175. The van der Waals surface area contributed by atoms with Crippen LogP contribution in [0.25, 0.3) is 0 Å². The van der Waals surface area contributed by atoms with Gasteiger partial charge in [-0.05, 0) is 31.1 Å². The quantitative estimate of drug-likeness (QED) is 0.691. The van der Waals surface area contributed by atoms with Gasteiger partial charge >= 0.3 is 0 Å². The van der Waals surface area contributed by atoms with Gasteiger partial charge in [0.15, 0.2) is 11.6 Å². The average molecular weight is 294 g/mol. The fraction of sp³-hybridized carbons (Fsp3) is 0.733. The Morgan fingerprint density at radius 1 is 1.19 bits per heavy atom. The van der Waals surface area contributed by atoms with Gasteiger partial charge in [0, 0.05) is 26.8 Å². The fourth-order valence-corrected chi connectivity index (χ4v) is 2.34. The minimum absolute atomic E-state index is 0.364. The molecule has 0 aromatic carbocycles. The molecule has 1 aliphatic rings. The molecule has 1 aromatic rings. The Hall–Kier alpha value is -1.56. The summed E-state index contributed by atoms with van der Waals surface area (Å²) in [4.78, 5) is 8.56. The first-order chi connectivity index (χ1) is 10.2. The summed E-state index contributed by atoms with van der Waals surface area (Å²) < 4.78 is 10.7. The van der Waals surface area contributed by atoms with Crippen molar-refractivity contribution in [1.82, 2.24) is 9.97 Å². The molecule has 0 saturated heterocycles. The van der Waals surface area contributed by atoms with Crippen molar-refractivity contribution in [2.24, 2.45) is 5.41 Å². The summed E-state index contributed by atoms with van der Waals surface area (Å²) in [6, 6.07) is 0. The zero-order valence-corrected chi connectivity index (χ0v) is 13.2. The molecular weight excluding hydrogens is 268 g/mol. The Bertz CT molecular complexity index is 449. The molecule has 0 aliphatic heterocycles. The Balaban J connectivity index is 1.99. The van der Waals surface area contributed by atoms with Crippen molar-refractivity contribution in [1.29, 1.82) is 0 Å². The predicted molar refractivity (Wildman–Crippen MR) is 84.0 cm³/mol. The maximum Gasteiger partial charge on any atom is 0.204 e. The SMILES string of the molecule is CCCNc1ncnc(NCC2(CCOC)CC2)c1OC. The number of anilines is 2. The second-order valence-electron chi connectivity index (χ2n) is 5.63. The van der Waals surface area contributed by atoms with Crippen molar-refractivity contribution in [2.45, 2.75) is 32.6 Å². The predicted octanol–water partition coefficient (Wildman–Crippen LogP) is 2.54. The molecule has 6 heteroatoms. The first-order valence-corrected chi connectivity index (χ1v) is 7.60. The molecule has 1 saturated carbocycles. The number of nitrogens with one attached hydrogen (secondary N) is 2. The Kier molecular flexibility index (Phi) is 5.61. The molecule has 0 bridgehead atoms. The Morgan fingerprint density at radius 3 is 2.48 bits per heavy atom. The number of rotatable bonds is 10. The number of aromatic nitrogens is 2. The summed E-state index contributed by atoms with van der Waals surface area (Å²) in [5.74, 6) is 2.20. The maximum absolute atomic E-state index is 5.47. The van der Waals surface area contributed by atoms with E-state index in [2.05, 4.69) is 27.5 Å². The van der Waals surface area contributed by atoms with E-state index in [1.165, 1.54) is 12.8 Å². The molecular formula is C15H26N4O2. The minimum atomic E-state index is 0.364. The third kappa shape index (κ3) is 4.20. The van der Waals surface area contributed by atoms with Crippen LogP contribution in [0.1, 0.15) is 32.6 Å². The smallest absolute Gasteiger partial charge is 0.204 e. The average Bonchev–Trinajstić information content (AvgIpc) is 3.29. The van der Waals surface area contributed by atoms with E-state index in [-0.39, 0.29) is 0 Å². The van der Waals surface area contributed by atoms with Crippen LogP contribution in [0.5, 0.6) is 5.75 Å². The lowest BCUT2D eigenvalue weighted by Crippen LogP contribution is -2.19. The molecule has 2 N–H and O–H groups in total. The molecule has 1 heterocycles. The highest BCUT2D eigenvalue weighted by molar-refractivity contribution is 5.63. The molecule has 0 unspecified atom stereocenters. The lowest BCUT2D eigenvalue weighted by atomic mass is 10.0. The number of hydrogen-bond donors (Lipinski definition) is 2. The van der Waals surface area contributed by atoms with E-state index >= 15 is 0 Å². The highest BCUT2D eigenvalue weighted by atomic mass is 16.5. The van der Waals surface area contributed by atoms with E-state index < -0.39 is 0 Å². The standard InChI is InChI=1S/C15H26N4O2/c1-4-8-16-13-12(21-3)14(19-11-18-13)17-10-15(5-6-15)7-9-20-2/h11H,4-10H2,1-3H3,(H2,16,17,18,19). The van der Waals surface area contributed by atoms with Crippen molar-refractivity contribution in [3.8, 4) is 5.75 Å². The Morgan fingerprint density at radius 2 is 1.90 bits per heavy atom. The van der Waals surface area contributed by atoms with Crippen molar-refractivity contribution in [3.63, 3.8) is 0 Å².